The lowest BCUT2D eigenvalue weighted by molar-refractivity contribution is 0.449. The van der Waals surface area contributed by atoms with Gasteiger partial charge >= 0.3 is 0 Å². The SMILES string of the molecule is CC1(NS(=O)(=O)c2cccc(Cl)c2F)CCNC1. The van der Waals surface area contributed by atoms with Gasteiger partial charge in [-0.25, -0.2) is 17.5 Å². The highest BCUT2D eigenvalue weighted by Gasteiger charge is 2.34. The van der Waals surface area contributed by atoms with Crippen LogP contribution in [0.25, 0.3) is 0 Å². The molecule has 1 fully saturated rings. The zero-order chi connectivity index (χ0) is 13.4. The molecule has 18 heavy (non-hydrogen) atoms. The maximum Gasteiger partial charge on any atom is 0.244 e. The van der Waals surface area contributed by atoms with Crippen LogP contribution in [-0.2, 0) is 10.0 Å². The Labute approximate surface area is 111 Å². The lowest BCUT2D eigenvalue weighted by atomic mass is 10.0. The molecule has 0 radical (unpaired) electrons. The molecule has 1 aliphatic rings. The molecule has 2 rings (SSSR count). The van der Waals surface area contributed by atoms with Crippen molar-refractivity contribution in [3.05, 3.63) is 29.0 Å². The van der Waals surface area contributed by atoms with Crippen LogP contribution in [0.5, 0.6) is 0 Å². The summed E-state index contributed by atoms with van der Waals surface area (Å²) >= 11 is 5.59. The topological polar surface area (TPSA) is 58.2 Å². The molecule has 1 aliphatic heterocycles. The summed E-state index contributed by atoms with van der Waals surface area (Å²) in [6, 6.07) is 3.93. The fourth-order valence-electron chi connectivity index (χ4n) is 1.97. The lowest BCUT2D eigenvalue weighted by Crippen LogP contribution is -2.47. The summed E-state index contributed by atoms with van der Waals surface area (Å²) in [5.41, 5.74) is -0.590. The van der Waals surface area contributed by atoms with Crippen molar-refractivity contribution in [2.45, 2.75) is 23.8 Å². The lowest BCUT2D eigenvalue weighted by Gasteiger charge is -2.24. The zero-order valence-electron chi connectivity index (χ0n) is 9.83. The number of hydrogen-bond donors (Lipinski definition) is 2. The van der Waals surface area contributed by atoms with Gasteiger partial charge < -0.3 is 5.32 Å². The van der Waals surface area contributed by atoms with Crippen molar-refractivity contribution in [2.24, 2.45) is 0 Å². The molecule has 1 aromatic carbocycles. The first kappa shape index (κ1) is 13.7. The number of hydrogen-bond acceptors (Lipinski definition) is 3. The highest BCUT2D eigenvalue weighted by Crippen LogP contribution is 2.24. The molecular formula is C11H14ClFN2O2S. The molecule has 0 bridgehead atoms. The van der Waals surface area contributed by atoms with Crippen molar-refractivity contribution >= 4 is 21.6 Å². The molecule has 0 amide bonds. The summed E-state index contributed by atoms with van der Waals surface area (Å²) < 4.78 is 40.5. The minimum atomic E-state index is -3.90. The molecule has 2 N–H and O–H groups in total. The molecule has 1 atom stereocenters. The van der Waals surface area contributed by atoms with Crippen LogP contribution in [0.2, 0.25) is 5.02 Å². The first-order chi connectivity index (χ1) is 8.34. The second kappa shape index (κ2) is 4.77. The molecule has 7 heteroatoms. The van der Waals surface area contributed by atoms with Crippen molar-refractivity contribution in [3.8, 4) is 0 Å². The van der Waals surface area contributed by atoms with Crippen molar-refractivity contribution in [1.29, 1.82) is 0 Å². The van der Waals surface area contributed by atoms with Gasteiger partial charge in [0.2, 0.25) is 10.0 Å². The maximum absolute atomic E-state index is 13.7. The van der Waals surface area contributed by atoms with Crippen molar-refractivity contribution in [1.82, 2.24) is 10.0 Å². The Morgan fingerprint density at radius 2 is 2.22 bits per heavy atom. The van der Waals surface area contributed by atoms with E-state index in [1.54, 1.807) is 6.92 Å². The van der Waals surface area contributed by atoms with Crippen LogP contribution in [-0.4, -0.2) is 27.0 Å². The highest BCUT2D eigenvalue weighted by atomic mass is 35.5. The minimum Gasteiger partial charge on any atom is -0.315 e. The van der Waals surface area contributed by atoms with E-state index < -0.39 is 26.3 Å². The fourth-order valence-corrected chi connectivity index (χ4v) is 3.74. The van der Waals surface area contributed by atoms with E-state index in [2.05, 4.69) is 10.0 Å². The Hall–Kier alpha value is -0.690. The van der Waals surface area contributed by atoms with Crippen molar-refractivity contribution < 1.29 is 12.8 Å². The van der Waals surface area contributed by atoms with Gasteiger partial charge in [0, 0.05) is 12.1 Å². The number of benzene rings is 1. The van der Waals surface area contributed by atoms with Gasteiger partial charge in [-0.15, -0.1) is 0 Å². The smallest absolute Gasteiger partial charge is 0.244 e. The molecule has 1 saturated heterocycles. The summed E-state index contributed by atoms with van der Waals surface area (Å²) in [7, 11) is -3.90. The van der Waals surface area contributed by atoms with E-state index in [1.807, 2.05) is 0 Å². The Balaban J connectivity index is 2.34. The quantitative estimate of drug-likeness (QED) is 0.888. The van der Waals surface area contributed by atoms with Crippen molar-refractivity contribution in [2.75, 3.05) is 13.1 Å². The largest absolute Gasteiger partial charge is 0.315 e. The van der Waals surface area contributed by atoms with Crippen LogP contribution in [0, 0.1) is 5.82 Å². The second-order valence-electron chi connectivity index (χ2n) is 4.64. The monoisotopic (exact) mass is 292 g/mol. The van der Waals surface area contributed by atoms with E-state index in [9.17, 15) is 12.8 Å². The summed E-state index contributed by atoms with van der Waals surface area (Å²) in [4.78, 5) is -0.414. The number of nitrogens with one attached hydrogen (secondary N) is 2. The van der Waals surface area contributed by atoms with Gasteiger partial charge in [-0.3, -0.25) is 0 Å². The van der Waals surface area contributed by atoms with Gasteiger partial charge in [0.1, 0.15) is 4.90 Å². The van der Waals surface area contributed by atoms with E-state index in [0.29, 0.717) is 13.0 Å². The molecule has 0 spiro atoms. The zero-order valence-corrected chi connectivity index (χ0v) is 11.4. The number of halogens is 2. The first-order valence-corrected chi connectivity index (χ1v) is 7.39. The van der Waals surface area contributed by atoms with Gasteiger partial charge in [-0.2, -0.15) is 0 Å². The predicted molar refractivity (Wildman–Crippen MR) is 67.6 cm³/mol. The Bertz CT molecular complexity index is 556. The molecule has 1 aromatic rings. The number of rotatable bonds is 3. The van der Waals surface area contributed by atoms with Crippen LogP contribution >= 0.6 is 11.6 Å². The molecule has 1 heterocycles. The van der Waals surface area contributed by atoms with Gasteiger partial charge in [-0.05, 0) is 32.0 Å². The van der Waals surface area contributed by atoms with Crippen LogP contribution < -0.4 is 10.0 Å². The maximum atomic E-state index is 13.7. The molecular weight excluding hydrogens is 279 g/mol. The standard InChI is InChI=1S/C11H14ClFN2O2S/c1-11(5-6-14-7-11)15-18(16,17)9-4-2-3-8(12)10(9)13/h2-4,14-15H,5-7H2,1H3. The van der Waals surface area contributed by atoms with Crippen LogP contribution in [0.4, 0.5) is 4.39 Å². The first-order valence-electron chi connectivity index (χ1n) is 5.53. The van der Waals surface area contributed by atoms with Crippen LogP contribution in [0.15, 0.2) is 23.1 Å². The fraction of sp³-hybridized carbons (Fsp3) is 0.455. The number of sulfonamides is 1. The minimum absolute atomic E-state index is 0.201. The van der Waals surface area contributed by atoms with E-state index in [-0.39, 0.29) is 5.02 Å². The molecule has 1 unspecified atom stereocenters. The normalized spacial score (nSPS) is 24.4. The van der Waals surface area contributed by atoms with Crippen LogP contribution in [0.1, 0.15) is 13.3 Å². The Morgan fingerprint density at radius 3 is 2.83 bits per heavy atom. The van der Waals surface area contributed by atoms with E-state index >= 15 is 0 Å². The third kappa shape index (κ3) is 2.66. The Morgan fingerprint density at radius 1 is 1.50 bits per heavy atom. The van der Waals surface area contributed by atoms with Gasteiger partial charge in [0.25, 0.3) is 0 Å². The summed E-state index contributed by atoms with van der Waals surface area (Å²) in [6.45, 7) is 3.04. The van der Waals surface area contributed by atoms with Crippen molar-refractivity contribution in [3.63, 3.8) is 0 Å². The van der Waals surface area contributed by atoms with E-state index in [4.69, 9.17) is 11.6 Å². The molecule has 100 valence electrons. The average molecular weight is 293 g/mol. The second-order valence-corrected chi connectivity index (χ2v) is 6.70. The third-order valence-corrected chi connectivity index (χ3v) is 4.90. The third-order valence-electron chi connectivity index (χ3n) is 2.96. The van der Waals surface area contributed by atoms with Gasteiger partial charge in [0.15, 0.2) is 5.82 Å². The summed E-state index contributed by atoms with van der Waals surface area (Å²) in [5, 5.41) is 2.86. The molecule has 0 saturated carbocycles. The highest BCUT2D eigenvalue weighted by molar-refractivity contribution is 7.89. The summed E-state index contributed by atoms with van der Waals surface area (Å²) in [5.74, 6) is -0.916. The van der Waals surface area contributed by atoms with Crippen LogP contribution in [0.3, 0.4) is 0 Å². The average Bonchev–Trinajstić information content (AvgIpc) is 2.67. The molecule has 0 aliphatic carbocycles. The van der Waals surface area contributed by atoms with Gasteiger partial charge in [-0.1, -0.05) is 17.7 Å². The molecule has 0 aromatic heterocycles. The van der Waals surface area contributed by atoms with Gasteiger partial charge in [0.05, 0.1) is 5.02 Å². The summed E-state index contributed by atoms with van der Waals surface area (Å²) in [6.07, 6.45) is 0.661. The molecule has 4 nitrogen and oxygen atoms in total. The Kier molecular flexibility index (Phi) is 3.64. The van der Waals surface area contributed by atoms with E-state index in [1.165, 1.54) is 18.2 Å². The van der Waals surface area contributed by atoms with E-state index in [0.717, 1.165) is 6.54 Å². The predicted octanol–water partition coefficient (Wildman–Crippen LogP) is 1.51.